The largest absolute Gasteiger partial charge is 0.457 e. The van der Waals surface area contributed by atoms with Gasteiger partial charge in [0.15, 0.2) is 0 Å². The molecule has 3 aliphatic rings. The number of carbonyl (C=O) groups excluding carboxylic acids is 2. The first kappa shape index (κ1) is 11.9. The number of rotatable bonds is 0. The molecule has 0 spiro atoms. The van der Waals surface area contributed by atoms with Gasteiger partial charge in [-0.15, -0.1) is 0 Å². The quantitative estimate of drug-likeness (QED) is 0.489. The van der Waals surface area contributed by atoms with Crippen molar-refractivity contribution < 1.29 is 14.3 Å². The van der Waals surface area contributed by atoms with Gasteiger partial charge < -0.3 is 4.74 Å². The Balaban J connectivity index is 2.08. The van der Waals surface area contributed by atoms with Crippen molar-refractivity contribution in [2.75, 3.05) is 0 Å². The maximum absolute atomic E-state index is 12.3. The predicted molar refractivity (Wildman–Crippen MR) is 66.8 cm³/mol. The van der Waals surface area contributed by atoms with Crippen molar-refractivity contribution in [3.8, 4) is 0 Å². The molecule has 3 heteroatoms. The number of hydrogen-bond acceptors (Lipinski definition) is 3. The van der Waals surface area contributed by atoms with E-state index in [4.69, 9.17) is 4.74 Å². The Bertz CT molecular complexity index is 462. The molecule has 0 aromatic carbocycles. The summed E-state index contributed by atoms with van der Waals surface area (Å²) in [6.45, 7) is 6.09. The molecule has 2 fully saturated rings. The highest BCUT2D eigenvalue weighted by Gasteiger charge is 2.55. The Kier molecular flexibility index (Phi) is 2.45. The second kappa shape index (κ2) is 3.69. The van der Waals surface area contributed by atoms with Gasteiger partial charge in [-0.3, -0.25) is 9.59 Å². The summed E-state index contributed by atoms with van der Waals surface area (Å²) in [5.41, 5.74) is 2.04. The zero-order valence-electron chi connectivity index (χ0n) is 11.3. The van der Waals surface area contributed by atoms with E-state index in [2.05, 4.69) is 6.92 Å². The van der Waals surface area contributed by atoms with E-state index in [9.17, 15) is 9.59 Å². The van der Waals surface area contributed by atoms with E-state index in [1.54, 1.807) is 0 Å². The summed E-state index contributed by atoms with van der Waals surface area (Å²) in [5.74, 6) is 0.503. The molecule has 0 aromatic heterocycles. The van der Waals surface area contributed by atoms with Crippen LogP contribution in [-0.2, 0) is 14.3 Å². The van der Waals surface area contributed by atoms with Crippen LogP contribution < -0.4 is 0 Å². The number of fused-ring (bicyclic) bond motifs is 3. The topological polar surface area (TPSA) is 43.4 Å². The zero-order valence-corrected chi connectivity index (χ0v) is 11.3. The summed E-state index contributed by atoms with van der Waals surface area (Å²) < 4.78 is 5.58. The van der Waals surface area contributed by atoms with Gasteiger partial charge in [-0.1, -0.05) is 12.5 Å². The normalized spacial score (nSPS) is 43.6. The standard InChI is InChI=1S/C15H20O3/c1-8-4-5-11(16)15(3)7-6-10-9(2)14(17)18-13(10)12(8)15/h9-10,13H,4-7H2,1-3H3/t9-,10-,13-,15-/m0/s1. The van der Waals surface area contributed by atoms with Crippen LogP contribution in [0.4, 0.5) is 0 Å². The second-order valence-corrected chi connectivity index (χ2v) is 6.30. The van der Waals surface area contributed by atoms with E-state index in [-0.39, 0.29) is 29.3 Å². The minimum absolute atomic E-state index is 0.0168. The summed E-state index contributed by atoms with van der Waals surface area (Å²) in [5, 5.41) is 0. The van der Waals surface area contributed by atoms with Crippen molar-refractivity contribution in [3.05, 3.63) is 11.1 Å². The molecule has 1 saturated carbocycles. The summed E-state index contributed by atoms with van der Waals surface area (Å²) in [6, 6.07) is 0. The van der Waals surface area contributed by atoms with Crippen LogP contribution >= 0.6 is 0 Å². The van der Waals surface area contributed by atoms with Crippen LogP contribution in [0.5, 0.6) is 0 Å². The van der Waals surface area contributed by atoms with Gasteiger partial charge >= 0.3 is 5.97 Å². The van der Waals surface area contributed by atoms with E-state index >= 15 is 0 Å². The fraction of sp³-hybridized carbons (Fsp3) is 0.733. The predicted octanol–water partition coefficient (Wildman–Crippen LogP) is 2.64. The molecule has 3 rings (SSSR count). The van der Waals surface area contributed by atoms with Gasteiger partial charge in [-0.05, 0) is 38.7 Å². The monoisotopic (exact) mass is 248 g/mol. The average molecular weight is 248 g/mol. The van der Waals surface area contributed by atoms with E-state index in [1.807, 2.05) is 13.8 Å². The first-order chi connectivity index (χ1) is 8.45. The third-order valence-corrected chi connectivity index (χ3v) is 5.30. The molecule has 0 amide bonds. The van der Waals surface area contributed by atoms with Crippen LogP contribution in [-0.4, -0.2) is 17.9 Å². The average Bonchev–Trinajstić information content (AvgIpc) is 2.60. The molecule has 1 aliphatic heterocycles. The van der Waals surface area contributed by atoms with Gasteiger partial charge in [0.2, 0.25) is 0 Å². The molecular weight excluding hydrogens is 228 g/mol. The Morgan fingerprint density at radius 3 is 2.72 bits per heavy atom. The molecule has 1 saturated heterocycles. The Labute approximate surface area is 108 Å². The fourth-order valence-electron chi connectivity index (χ4n) is 4.05. The number of ketones is 1. The molecule has 0 unspecified atom stereocenters. The molecule has 0 N–H and O–H groups in total. The van der Waals surface area contributed by atoms with Gasteiger partial charge in [0, 0.05) is 12.3 Å². The van der Waals surface area contributed by atoms with Crippen LogP contribution in [0.1, 0.15) is 46.5 Å². The number of ether oxygens (including phenoxy) is 1. The molecule has 0 aromatic rings. The molecular formula is C15H20O3. The molecule has 0 bridgehead atoms. The number of esters is 1. The van der Waals surface area contributed by atoms with Gasteiger partial charge in [-0.25, -0.2) is 0 Å². The van der Waals surface area contributed by atoms with Crippen LogP contribution in [0.15, 0.2) is 11.1 Å². The molecule has 4 atom stereocenters. The van der Waals surface area contributed by atoms with Gasteiger partial charge in [-0.2, -0.15) is 0 Å². The minimum atomic E-state index is -0.367. The van der Waals surface area contributed by atoms with Crippen molar-refractivity contribution in [2.45, 2.75) is 52.6 Å². The number of carbonyl (C=O) groups is 2. The van der Waals surface area contributed by atoms with Crippen molar-refractivity contribution in [1.29, 1.82) is 0 Å². The highest BCUT2D eigenvalue weighted by molar-refractivity contribution is 5.90. The first-order valence-electron chi connectivity index (χ1n) is 6.89. The molecule has 2 aliphatic carbocycles. The lowest BCUT2D eigenvalue weighted by Crippen LogP contribution is -2.45. The van der Waals surface area contributed by atoms with E-state index in [0.717, 1.165) is 24.8 Å². The number of hydrogen-bond donors (Lipinski definition) is 0. The lowest BCUT2D eigenvalue weighted by molar-refractivity contribution is -0.144. The van der Waals surface area contributed by atoms with Gasteiger partial charge in [0.05, 0.1) is 11.3 Å². The summed E-state index contributed by atoms with van der Waals surface area (Å²) in [6.07, 6.45) is 3.15. The fourth-order valence-corrected chi connectivity index (χ4v) is 4.05. The highest BCUT2D eigenvalue weighted by atomic mass is 16.6. The molecule has 1 heterocycles. The van der Waals surface area contributed by atoms with Crippen molar-refractivity contribution in [1.82, 2.24) is 0 Å². The Morgan fingerprint density at radius 1 is 1.28 bits per heavy atom. The van der Waals surface area contributed by atoms with Crippen molar-refractivity contribution in [2.24, 2.45) is 17.3 Å². The zero-order chi connectivity index (χ0) is 13.1. The third kappa shape index (κ3) is 1.36. The van der Waals surface area contributed by atoms with Crippen LogP contribution in [0.25, 0.3) is 0 Å². The smallest absolute Gasteiger partial charge is 0.309 e. The first-order valence-corrected chi connectivity index (χ1v) is 6.89. The SMILES string of the molecule is CC1=C2[C@H]3OC(=O)[C@@H](C)[C@@H]3CC[C@@]2(C)C(=O)CC1. The lowest BCUT2D eigenvalue weighted by Gasteiger charge is -2.44. The maximum Gasteiger partial charge on any atom is 0.309 e. The number of Topliss-reactive ketones (excluding diaryl/α,β-unsaturated/α-hetero) is 1. The molecule has 98 valence electrons. The Hall–Kier alpha value is -1.12. The van der Waals surface area contributed by atoms with E-state index < -0.39 is 0 Å². The molecule has 0 radical (unpaired) electrons. The summed E-state index contributed by atoms with van der Waals surface area (Å²) in [7, 11) is 0. The van der Waals surface area contributed by atoms with Crippen molar-refractivity contribution in [3.63, 3.8) is 0 Å². The second-order valence-electron chi connectivity index (χ2n) is 6.30. The van der Waals surface area contributed by atoms with Crippen LogP contribution in [0, 0.1) is 17.3 Å². The lowest BCUT2D eigenvalue weighted by atomic mass is 9.59. The van der Waals surface area contributed by atoms with Gasteiger partial charge in [0.25, 0.3) is 0 Å². The molecule has 18 heavy (non-hydrogen) atoms. The highest BCUT2D eigenvalue weighted by Crippen LogP contribution is 2.53. The number of allylic oxidation sites excluding steroid dienone is 1. The summed E-state index contributed by atoms with van der Waals surface area (Å²) >= 11 is 0. The van der Waals surface area contributed by atoms with Gasteiger partial charge in [0.1, 0.15) is 11.9 Å². The van der Waals surface area contributed by atoms with E-state index in [0.29, 0.717) is 12.2 Å². The van der Waals surface area contributed by atoms with Crippen LogP contribution in [0.3, 0.4) is 0 Å². The third-order valence-electron chi connectivity index (χ3n) is 5.30. The maximum atomic E-state index is 12.3. The van der Waals surface area contributed by atoms with E-state index in [1.165, 1.54) is 5.57 Å². The minimum Gasteiger partial charge on any atom is -0.457 e. The van der Waals surface area contributed by atoms with Crippen LogP contribution in [0.2, 0.25) is 0 Å². The Morgan fingerprint density at radius 2 is 2.00 bits per heavy atom. The molecule has 3 nitrogen and oxygen atoms in total. The van der Waals surface area contributed by atoms with Crippen molar-refractivity contribution >= 4 is 11.8 Å². The summed E-state index contributed by atoms with van der Waals surface area (Å²) in [4.78, 5) is 24.1.